The summed E-state index contributed by atoms with van der Waals surface area (Å²) in [4.78, 5) is 13.6. The molecule has 1 amide bonds. The molecule has 0 aliphatic carbocycles. The molecule has 0 bridgehead atoms. The van der Waals surface area contributed by atoms with E-state index >= 15 is 0 Å². The number of fused-ring (bicyclic) bond motifs is 1. The van der Waals surface area contributed by atoms with E-state index in [1.165, 1.54) is 30.6 Å². The molecule has 5 nitrogen and oxygen atoms in total. The SMILES string of the molecule is COc1ccc(S(=O)(=O)[C@H](CNC(=O)Cc2cccc3ccccc23)c2cccs2)cc1. The van der Waals surface area contributed by atoms with Crippen LogP contribution < -0.4 is 10.1 Å². The van der Waals surface area contributed by atoms with Crippen LogP contribution in [0.1, 0.15) is 15.7 Å². The van der Waals surface area contributed by atoms with E-state index in [4.69, 9.17) is 4.74 Å². The minimum atomic E-state index is -3.71. The lowest BCUT2D eigenvalue weighted by Crippen LogP contribution is -2.32. The highest BCUT2D eigenvalue weighted by Gasteiger charge is 2.30. The van der Waals surface area contributed by atoms with E-state index in [0.717, 1.165) is 16.3 Å². The molecule has 32 heavy (non-hydrogen) atoms. The van der Waals surface area contributed by atoms with Crippen molar-refractivity contribution in [3.05, 3.63) is 94.7 Å². The fraction of sp³-hybridized carbons (Fsp3) is 0.160. The van der Waals surface area contributed by atoms with E-state index in [2.05, 4.69) is 5.32 Å². The third-order valence-electron chi connectivity index (χ3n) is 5.34. The number of sulfone groups is 1. The summed E-state index contributed by atoms with van der Waals surface area (Å²) in [6.07, 6.45) is 0.182. The monoisotopic (exact) mass is 465 g/mol. The standard InChI is InChI=1S/C25H23NO4S2/c1-30-20-11-13-21(14-12-20)32(28,29)24(23-10-5-15-31-23)17-26-25(27)16-19-8-4-7-18-6-2-3-9-22(18)19/h2-15,24H,16-17H2,1H3,(H,26,27)/t24-/m1/s1. The van der Waals surface area contributed by atoms with Crippen LogP contribution in [-0.2, 0) is 21.1 Å². The number of carbonyl (C=O) groups is 1. The number of hydrogen-bond donors (Lipinski definition) is 1. The Morgan fingerprint density at radius 1 is 0.969 bits per heavy atom. The number of benzene rings is 3. The number of nitrogens with one attached hydrogen (secondary N) is 1. The van der Waals surface area contributed by atoms with Gasteiger partial charge in [0.1, 0.15) is 11.0 Å². The predicted molar refractivity (Wildman–Crippen MR) is 128 cm³/mol. The molecule has 1 atom stereocenters. The normalized spacial score (nSPS) is 12.4. The van der Waals surface area contributed by atoms with E-state index in [-0.39, 0.29) is 23.8 Å². The fourth-order valence-electron chi connectivity index (χ4n) is 3.66. The molecule has 0 fully saturated rings. The third kappa shape index (κ3) is 4.69. The number of thiophene rings is 1. The maximum atomic E-state index is 13.4. The van der Waals surface area contributed by atoms with Gasteiger partial charge in [-0.3, -0.25) is 4.79 Å². The van der Waals surface area contributed by atoms with Crippen LogP contribution in [0, 0.1) is 0 Å². The van der Waals surface area contributed by atoms with Gasteiger partial charge in [0.2, 0.25) is 5.91 Å². The zero-order chi connectivity index (χ0) is 22.6. The smallest absolute Gasteiger partial charge is 0.224 e. The van der Waals surface area contributed by atoms with E-state index in [9.17, 15) is 13.2 Å². The molecular formula is C25H23NO4S2. The molecule has 0 aliphatic heterocycles. The predicted octanol–water partition coefficient (Wildman–Crippen LogP) is 4.78. The summed E-state index contributed by atoms with van der Waals surface area (Å²) in [7, 11) is -2.18. The van der Waals surface area contributed by atoms with Gasteiger partial charge in [-0.15, -0.1) is 11.3 Å². The highest BCUT2D eigenvalue weighted by molar-refractivity contribution is 7.91. The number of carbonyl (C=O) groups excluding carboxylic acids is 1. The van der Waals surface area contributed by atoms with Crippen molar-refractivity contribution in [1.29, 1.82) is 0 Å². The first-order chi connectivity index (χ1) is 15.5. The van der Waals surface area contributed by atoms with Gasteiger partial charge in [0.15, 0.2) is 9.84 Å². The minimum absolute atomic E-state index is 0.00151. The average Bonchev–Trinajstić information content (AvgIpc) is 3.34. The van der Waals surface area contributed by atoms with Gasteiger partial charge < -0.3 is 10.1 Å². The quantitative estimate of drug-likeness (QED) is 0.406. The Bertz CT molecular complexity index is 1310. The number of amides is 1. The van der Waals surface area contributed by atoms with Gasteiger partial charge in [0.05, 0.1) is 18.4 Å². The van der Waals surface area contributed by atoms with E-state index in [0.29, 0.717) is 10.6 Å². The molecule has 1 heterocycles. The maximum Gasteiger partial charge on any atom is 0.224 e. The molecule has 4 rings (SSSR count). The van der Waals surface area contributed by atoms with Gasteiger partial charge in [0.25, 0.3) is 0 Å². The Balaban J connectivity index is 1.54. The molecule has 4 aromatic rings. The molecule has 0 aliphatic rings. The van der Waals surface area contributed by atoms with Crippen LogP contribution in [0.5, 0.6) is 5.75 Å². The molecule has 0 radical (unpaired) electrons. The van der Waals surface area contributed by atoms with Crippen LogP contribution in [-0.4, -0.2) is 28.0 Å². The van der Waals surface area contributed by atoms with Crippen LogP contribution in [0.2, 0.25) is 0 Å². The molecule has 1 aromatic heterocycles. The number of hydrogen-bond acceptors (Lipinski definition) is 5. The summed E-state index contributed by atoms with van der Waals surface area (Å²) in [5, 5.41) is 5.90. The Hall–Kier alpha value is -3.16. The van der Waals surface area contributed by atoms with E-state index < -0.39 is 15.1 Å². The molecule has 1 N–H and O–H groups in total. The second kappa shape index (κ2) is 9.54. The van der Waals surface area contributed by atoms with Gasteiger partial charge in [-0.25, -0.2) is 8.42 Å². The largest absolute Gasteiger partial charge is 0.497 e. The van der Waals surface area contributed by atoms with Crippen molar-refractivity contribution < 1.29 is 17.9 Å². The second-order valence-electron chi connectivity index (χ2n) is 7.34. The second-order valence-corrected chi connectivity index (χ2v) is 10.5. The minimum Gasteiger partial charge on any atom is -0.497 e. The molecular weight excluding hydrogens is 442 g/mol. The Morgan fingerprint density at radius 3 is 2.44 bits per heavy atom. The average molecular weight is 466 g/mol. The zero-order valence-corrected chi connectivity index (χ0v) is 19.2. The summed E-state index contributed by atoms with van der Waals surface area (Å²) in [5.74, 6) is 0.368. The van der Waals surface area contributed by atoms with Crippen LogP contribution in [0.4, 0.5) is 0 Å². The molecule has 164 valence electrons. The molecule has 0 spiro atoms. The highest BCUT2D eigenvalue weighted by Crippen LogP contribution is 2.32. The van der Waals surface area contributed by atoms with E-state index in [1.807, 2.05) is 53.9 Å². The van der Waals surface area contributed by atoms with Crippen LogP contribution in [0.3, 0.4) is 0 Å². The molecule has 7 heteroatoms. The van der Waals surface area contributed by atoms with Crippen molar-refractivity contribution in [3.8, 4) is 5.75 Å². The van der Waals surface area contributed by atoms with Gasteiger partial charge in [-0.2, -0.15) is 0 Å². The lowest BCUT2D eigenvalue weighted by molar-refractivity contribution is -0.120. The van der Waals surface area contributed by atoms with Crippen molar-refractivity contribution >= 4 is 37.9 Å². The Morgan fingerprint density at radius 2 is 1.72 bits per heavy atom. The molecule has 3 aromatic carbocycles. The number of ether oxygens (including phenoxy) is 1. The molecule has 0 saturated heterocycles. The topological polar surface area (TPSA) is 72.5 Å². The van der Waals surface area contributed by atoms with Crippen LogP contribution in [0.25, 0.3) is 10.8 Å². The summed E-state index contributed by atoms with van der Waals surface area (Å²) in [6.45, 7) is -0.00151. The first-order valence-electron chi connectivity index (χ1n) is 10.1. The lowest BCUT2D eigenvalue weighted by Gasteiger charge is -2.18. The lowest BCUT2D eigenvalue weighted by atomic mass is 10.0. The number of methoxy groups -OCH3 is 1. The Labute approximate surface area is 191 Å². The molecule has 0 unspecified atom stereocenters. The van der Waals surface area contributed by atoms with Crippen molar-refractivity contribution in [2.75, 3.05) is 13.7 Å². The van der Waals surface area contributed by atoms with Crippen LogP contribution >= 0.6 is 11.3 Å². The van der Waals surface area contributed by atoms with Gasteiger partial charge in [-0.05, 0) is 52.0 Å². The maximum absolute atomic E-state index is 13.4. The first kappa shape index (κ1) is 22.0. The summed E-state index contributed by atoms with van der Waals surface area (Å²) >= 11 is 1.36. The van der Waals surface area contributed by atoms with Crippen molar-refractivity contribution in [2.24, 2.45) is 0 Å². The van der Waals surface area contributed by atoms with Gasteiger partial charge in [0, 0.05) is 11.4 Å². The summed E-state index contributed by atoms with van der Waals surface area (Å²) in [5.41, 5.74) is 0.909. The van der Waals surface area contributed by atoms with Crippen LogP contribution in [0.15, 0.2) is 89.1 Å². The Kier molecular flexibility index (Phi) is 6.58. The van der Waals surface area contributed by atoms with Crippen molar-refractivity contribution in [3.63, 3.8) is 0 Å². The third-order valence-corrected chi connectivity index (χ3v) is 8.57. The zero-order valence-electron chi connectivity index (χ0n) is 17.5. The molecule has 0 saturated carbocycles. The summed E-state index contributed by atoms with van der Waals surface area (Å²) in [6, 6.07) is 23.7. The first-order valence-corrected chi connectivity index (χ1v) is 12.6. The van der Waals surface area contributed by atoms with E-state index in [1.54, 1.807) is 18.2 Å². The van der Waals surface area contributed by atoms with Gasteiger partial charge in [-0.1, -0.05) is 48.5 Å². The van der Waals surface area contributed by atoms with Crippen molar-refractivity contribution in [1.82, 2.24) is 5.32 Å². The van der Waals surface area contributed by atoms with Crippen molar-refractivity contribution in [2.45, 2.75) is 16.6 Å². The van der Waals surface area contributed by atoms with Gasteiger partial charge >= 0.3 is 0 Å². The number of rotatable bonds is 8. The fourth-order valence-corrected chi connectivity index (χ4v) is 6.44. The highest BCUT2D eigenvalue weighted by atomic mass is 32.2. The summed E-state index contributed by atoms with van der Waals surface area (Å²) < 4.78 is 31.9.